The molecule has 23 heavy (non-hydrogen) atoms. The normalized spacial score (nSPS) is 49.0. The van der Waals surface area contributed by atoms with E-state index in [1.54, 1.807) is 0 Å². The first-order valence-electron chi connectivity index (χ1n) is 9.40. The van der Waals surface area contributed by atoms with Crippen molar-refractivity contribution in [1.29, 1.82) is 0 Å². The summed E-state index contributed by atoms with van der Waals surface area (Å²) >= 11 is 0. The molecule has 3 saturated carbocycles. The summed E-state index contributed by atoms with van der Waals surface area (Å²) in [5.41, 5.74) is 1.43. The van der Waals surface area contributed by atoms with E-state index in [0.29, 0.717) is 17.3 Å². The lowest BCUT2D eigenvalue weighted by Crippen LogP contribution is -2.59. The molecule has 0 aliphatic heterocycles. The van der Waals surface area contributed by atoms with E-state index in [9.17, 15) is 4.79 Å². The summed E-state index contributed by atoms with van der Waals surface area (Å²) in [6, 6.07) is 0. The molecule has 0 bridgehead atoms. The molecule has 0 aromatic heterocycles. The Balaban J connectivity index is 2.04. The second kappa shape index (κ2) is 5.79. The Labute approximate surface area is 141 Å². The van der Waals surface area contributed by atoms with Crippen LogP contribution in [0.4, 0.5) is 0 Å². The van der Waals surface area contributed by atoms with Crippen LogP contribution in [-0.4, -0.2) is 11.9 Å². The minimum atomic E-state index is -0.0184. The first-order chi connectivity index (χ1) is 10.8. The van der Waals surface area contributed by atoms with Crippen LogP contribution < -0.4 is 5.32 Å². The summed E-state index contributed by atoms with van der Waals surface area (Å²) in [4.78, 5) is 11.2. The van der Waals surface area contributed by atoms with Gasteiger partial charge >= 0.3 is 0 Å². The van der Waals surface area contributed by atoms with E-state index in [4.69, 9.17) is 0 Å². The van der Waals surface area contributed by atoms with Crippen molar-refractivity contribution in [3.05, 3.63) is 24.3 Å². The highest BCUT2D eigenvalue weighted by Crippen LogP contribution is 2.67. The van der Waals surface area contributed by atoms with E-state index in [0.717, 1.165) is 36.2 Å². The molecule has 3 aliphatic rings. The molecule has 0 radical (unpaired) electrons. The van der Waals surface area contributed by atoms with Crippen LogP contribution in [0.3, 0.4) is 0 Å². The summed E-state index contributed by atoms with van der Waals surface area (Å²) < 4.78 is 0. The minimum Gasteiger partial charge on any atom is -0.353 e. The Kier molecular flexibility index (Phi) is 4.23. The molecule has 1 amide bonds. The Morgan fingerprint density at radius 2 is 2.00 bits per heavy atom. The molecule has 7 atom stereocenters. The van der Waals surface area contributed by atoms with Gasteiger partial charge in [0, 0.05) is 5.54 Å². The van der Waals surface area contributed by atoms with Gasteiger partial charge in [-0.1, -0.05) is 38.2 Å². The molecule has 2 heteroatoms. The van der Waals surface area contributed by atoms with E-state index in [2.05, 4.69) is 51.7 Å². The molecule has 0 aromatic carbocycles. The van der Waals surface area contributed by atoms with Gasteiger partial charge in [0.05, 0.1) is 0 Å². The maximum Gasteiger partial charge on any atom is 0.207 e. The minimum absolute atomic E-state index is 0.0184. The van der Waals surface area contributed by atoms with Gasteiger partial charge in [-0.2, -0.15) is 0 Å². The van der Waals surface area contributed by atoms with Gasteiger partial charge in [0.2, 0.25) is 6.41 Å². The highest BCUT2D eigenvalue weighted by Gasteiger charge is 2.62. The quantitative estimate of drug-likeness (QED) is 0.590. The SMILES string of the molecule is C=C(C)/C=C/[C@]12C[C@H](C)C3CC[C@](C)(NC=O)[C@@H](CC[C@H]1C)[C@@H]32. The van der Waals surface area contributed by atoms with Gasteiger partial charge in [-0.05, 0) is 81.0 Å². The van der Waals surface area contributed by atoms with Crippen molar-refractivity contribution in [3.63, 3.8) is 0 Å². The largest absolute Gasteiger partial charge is 0.353 e. The van der Waals surface area contributed by atoms with Gasteiger partial charge < -0.3 is 5.32 Å². The van der Waals surface area contributed by atoms with Gasteiger partial charge in [0.1, 0.15) is 0 Å². The maximum atomic E-state index is 11.2. The number of rotatable bonds is 4. The molecule has 3 fully saturated rings. The molecule has 0 saturated heterocycles. The predicted octanol–water partition coefficient (Wildman–Crippen LogP) is 4.72. The third kappa shape index (κ3) is 2.49. The van der Waals surface area contributed by atoms with Gasteiger partial charge in [-0.25, -0.2) is 0 Å². The lowest BCUT2D eigenvalue weighted by Gasteiger charge is -2.57. The Morgan fingerprint density at radius 1 is 1.26 bits per heavy atom. The molecule has 3 rings (SSSR count). The predicted molar refractivity (Wildman–Crippen MR) is 95.9 cm³/mol. The third-order valence-electron chi connectivity index (χ3n) is 7.63. The van der Waals surface area contributed by atoms with Crippen LogP contribution >= 0.6 is 0 Å². The molecule has 0 spiro atoms. The number of hydrogen-bond donors (Lipinski definition) is 1. The third-order valence-corrected chi connectivity index (χ3v) is 7.63. The molecular weight excluding hydrogens is 282 g/mol. The smallest absolute Gasteiger partial charge is 0.207 e. The van der Waals surface area contributed by atoms with Crippen LogP contribution in [0.25, 0.3) is 0 Å². The van der Waals surface area contributed by atoms with Crippen LogP contribution in [0, 0.1) is 35.0 Å². The number of allylic oxidation sites excluding steroid dienone is 3. The van der Waals surface area contributed by atoms with Crippen molar-refractivity contribution in [3.8, 4) is 0 Å². The van der Waals surface area contributed by atoms with Crippen LogP contribution in [0.2, 0.25) is 0 Å². The summed E-state index contributed by atoms with van der Waals surface area (Å²) in [7, 11) is 0. The van der Waals surface area contributed by atoms with Crippen LogP contribution in [0.1, 0.15) is 59.8 Å². The zero-order valence-electron chi connectivity index (χ0n) is 15.3. The number of amides is 1. The van der Waals surface area contributed by atoms with Crippen molar-refractivity contribution in [2.45, 2.75) is 65.3 Å². The van der Waals surface area contributed by atoms with Crippen molar-refractivity contribution < 1.29 is 4.79 Å². The first kappa shape index (κ1) is 16.8. The van der Waals surface area contributed by atoms with Crippen molar-refractivity contribution in [2.75, 3.05) is 0 Å². The molecule has 3 aliphatic carbocycles. The lowest BCUT2D eigenvalue weighted by atomic mass is 9.50. The van der Waals surface area contributed by atoms with Crippen molar-refractivity contribution in [2.24, 2.45) is 35.0 Å². The zero-order valence-corrected chi connectivity index (χ0v) is 15.3. The van der Waals surface area contributed by atoms with E-state index in [-0.39, 0.29) is 5.54 Å². The van der Waals surface area contributed by atoms with E-state index in [1.807, 2.05) is 0 Å². The molecular formula is C21H33NO. The fraction of sp³-hybridized carbons (Fsp3) is 0.762. The molecule has 128 valence electrons. The maximum absolute atomic E-state index is 11.2. The summed E-state index contributed by atoms with van der Waals surface area (Å²) in [6.45, 7) is 13.4. The van der Waals surface area contributed by atoms with Crippen molar-refractivity contribution >= 4 is 6.41 Å². The number of carbonyl (C=O) groups is 1. The fourth-order valence-electron chi connectivity index (χ4n) is 6.46. The Bertz CT molecular complexity index is 524. The number of carbonyl (C=O) groups excluding carboxylic acids is 1. The van der Waals surface area contributed by atoms with E-state index < -0.39 is 0 Å². The van der Waals surface area contributed by atoms with E-state index >= 15 is 0 Å². The van der Waals surface area contributed by atoms with Gasteiger partial charge in [0.25, 0.3) is 0 Å². The van der Waals surface area contributed by atoms with E-state index in [1.165, 1.54) is 25.7 Å². The van der Waals surface area contributed by atoms with Crippen LogP contribution in [0.15, 0.2) is 24.3 Å². The first-order valence-corrected chi connectivity index (χ1v) is 9.40. The molecule has 1 N–H and O–H groups in total. The highest BCUT2D eigenvalue weighted by molar-refractivity contribution is 5.48. The Morgan fingerprint density at radius 3 is 2.65 bits per heavy atom. The molecule has 1 unspecified atom stereocenters. The van der Waals surface area contributed by atoms with Crippen molar-refractivity contribution in [1.82, 2.24) is 5.32 Å². The molecule has 0 aromatic rings. The average Bonchev–Trinajstić information content (AvgIpc) is 2.78. The average molecular weight is 316 g/mol. The van der Waals surface area contributed by atoms with Gasteiger partial charge in [0.15, 0.2) is 0 Å². The number of nitrogens with one attached hydrogen (secondary N) is 1. The standard InChI is InChI=1S/C21H33NO/c1-14(2)8-11-21-12-15(3)17-9-10-20(5,22-13-23)18(19(17)21)7-6-16(21)4/h8,11,13,15-19H,1,6-7,9-10,12H2,2-5H3,(H,22,23)/b11-8+/t15-,16+,17?,18-,19+,20-,21-/m0/s1. The van der Waals surface area contributed by atoms with Gasteiger partial charge in [-0.3, -0.25) is 4.79 Å². The van der Waals surface area contributed by atoms with Gasteiger partial charge in [-0.15, -0.1) is 0 Å². The lowest BCUT2D eigenvalue weighted by molar-refractivity contribution is -0.115. The second-order valence-electron chi connectivity index (χ2n) is 8.97. The molecule has 2 nitrogen and oxygen atoms in total. The Hall–Kier alpha value is -1.05. The topological polar surface area (TPSA) is 29.1 Å². The summed E-state index contributed by atoms with van der Waals surface area (Å²) in [5, 5.41) is 3.22. The fourth-order valence-corrected chi connectivity index (χ4v) is 6.46. The highest BCUT2D eigenvalue weighted by atomic mass is 16.1. The number of hydrogen-bond acceptors (Lipinski definition) is 1. The summed E-state index contributed by atoms with van der Waals surface area (Å²) in [6.07, 6.45) is 11.9. The van der Waals surface area contributed by atoms with Crippen LogP contribution in [-0.2, 0) is 4.79 Å². The second-order valence-corrected chi connectivity index (χ2v) is 8.97. The zero-order chi connectivity index (χ0) is 16.8. The summed E-state index contributed by atoms with van der Waals surface area (Å²) in [5.74, 6) is 3.66. The monoisotopic (exact) mass is 315 g/mol. The van der Waals surface area contributed by atoms with Crippen LogP contribution in [0.5, 0.6) is 0 Å². The molecule has 0 heterocycles.